The van der Waals surface area contributed by atoms with Crippen molar-refractivity contribution in [3.05, 3.63) is 11.8 Å². The summed E-state index contributed by atoms with van der Waals surface area (Å²) in [6, 6.07) is 3.30. The van der Waals surface area contributed by atoms with Gasteiger partial charge in [-0.25, -0.2) is 13.5 Å². The Morgan fingerprint density at radius 3 is 2.69 bits per heavy atom. The van der Waals surface area contributed by atoms with Gasteiger partial charge in [-0.05, 0) is 12.8 Å². The van der Waals surface area contributed by atoms with Gasteiger partial charge in [-0.3, -0.25) is 0 Å². The first-order valence-electron chi connectivity index (χ1n) is 5.15. The highest BCUT2D eigenvalue weighted by atomic mass is 19.3. The molecule has 1 aliphatic carbocycles. The quantitative estimate of drug-likeness (QED) is 0.797. The molecular formula is C10H12F2N4. The Morgan fingerprint density at radius 1 is 1.50 bits per heavy atom. The number of aromatic nitrogens is 2. The lowest BCUT2D eigenvalue weighted by atomic mass is 9.92. The molecular weight excluding hydrogens is 214 g/mol. The molecule has 0 aromatic carbocycles. The van der Waals surface area contributed by atoms with Crippen LogP contribution in [0.1, 0.15) is 37.4 Å². The van der Waals surface area contributed by atoms with Crippen LogP contribution in [0.3, 0.4) is 0 Å². The largest absolute Gasteiger partial charge is 0.382 e. The minimum atomic E-state index is -2.57. The normalized spacial score (nSPS) is 20.6. The van der Waals surface area contributed by atoms with E-state index in [2.05, 4.69) is 5.10 Å². The summed E-state index contributed by atoms with van der Waals surface area (Å²) in [4.78, 5) is 0. The Kier molecular flexibility index (Phi) is 2.54. The van der Waals surface area contributed by atoms with Gasteiger partial charge >= 0.3 is 0 Å². The summed E-state index contributed by atoms with van der Waals surface area (Å²) in [5.74, 6) is -2.31. The summed E-state index contributed by atoms with van der Waals surface area (Å²) in [5.41, 5.74) is 5.82. The predicted molar refractivity (Wildman–Crippen MR) is 53.8 cm³/mol. The fourth-order valence-corrected chi connectivity index (χ4v) is 2.04. The van der Waals surface area contributed by atoms with Crippen LogP contribution in [0.2, 0.25) is 0 Å². The average molecular weight is 226 g/mol. The molecule has 1 aromatic rings. The number of halogens is 2. The van der Waals surface area contributed by atoms with Crippen LogP contribution in [0, 0.1) is 11.3 Å². The number of alkyl halides is 2. The van der Waals surface area contributed by atoms with Crippen molar-refractivity contribution < 1.29 is 8.78 Å². The minimum absolute atomic E-state index is 0.133. The molecule has 16 heavy (non-hydrogen) atoms. The van der Waals surface area contributed by atoms with Gasteiger partial charge in [0.2, 0.25) is 5.92 Å². The second-order valence-corrected chi connectivity index (χ2v) is 4.10. The molecule has 1 saturated carbocycles. The van der Waals surface area contributed by atoms with Gasteiger partial charge in [0, 0.05) is 18.9 Å². The van der Waals surface area contributed by atoms with Crippen molar-refractivity contribution in [2.45, 2.75) is 37.6 Å². The van der Waals surface area contributed by atoms with Gasteiger partial charge in [-0.2, -0.15) is 10.4 Å². The fourth-order valence-electron chi connectivity index (χ4n) is 2.04. The van der Waals surface area contributed by atoms with Gasteiger partial charge in [0.25, 0.3) is 0 Å². The second-order valence-electron chi connectivity index (χ2n) is 4.10. The van der Waals surface area contributed by atoms with Crippen molar-refractivity contribution in [2.75, 3.05) is 5.73 Å². The van der Waals surface area contributed by atoms with Gasteiger partial charge in [0.05, 0.1) is 6.04 Å². The van der Waals surface area contributed by atoms with Crippen LogP contribution in [-0.2, 0) is 0 Å². The van der Waals surface area contributed by atoms with Crippen LogP contribution < -0.4 is 5.73 Å². The zero-order valence-electron chi connectivity index (χ0n) is 8.66. The van der Waals surface area contributed by atoms with Gasteiger partial charge in [-0.1, -0.05) is 0 Å². The first-order chi connectivity index (χ1) is 7.52. The van der Waals surface area contributed by atoms with Crippen molar-refractivity contribution in [1.82, 2.24) is 9.78 Å². The van der Waals surface area contributed by atoms with Crippen molar-refractivity contribution in [1.29, 1.82) is 5.26 Å². The van der Waals surface area contributed by atoms with E-state index in [1.807, 2.05) is 6.07 Å². The summed E-state index contributed by atoms with van der Waals surface area (Å²) in [6.07, 6.45) is 0.371. The highest BCUT2D eigenvalue weighted by Crippen LogP contribution is 2.38. The molecule has 2 rings (SSSR count). The number of nitrogen functional groups attached to an aromatic ring is 1. The molecule has 86 valence electrons. The minimum Gasteiger partial charge on any atom is -0.382 e. The molecule has 2 N–H and O–H groups in total. The van der Waals surface area contributed by atoms with Gasteiger partial charge < -0.3 is 5.73 Å². The van der Waals surface area contributed by atoms with Crippen LogP contribution in [0.25, 0.3) is 0 Å². The number of nitrogens with zero attached hydrogens (tertiary/aromatic N) is 3. The Balaban J connectivity index is 2.17. The first-order valence-corrected chi connectivity index (χ1v) is 5.15. The number of rotatable bonds is 1. The topological polar surface area (TPSA) is 67.6 Å². The number of hydrogen-bond acceptors (Lipinski definition) is 3. The molecule has 0 spiro atoms. The second kappa shape index (κ2) is 3.74. The highest BCUT2D eigenvalue weighted by molar-refractivity contribution is 5.36. The third kappa shape index (κ3) is 1.98. The van der Waals surface area contributed by atoms with E-state index in [9.17, 15) is 8.78 Å². The number of nitriles is 1. The van der Waals surface area contributed by atoms with E-state index in [0.717, 1.165) is 0 Å². The van der Waals surface area contributed by atoms with E-state index in [1.165, 1.54) is 10.7 Å². The third-order valence-corrected chi connectivity index (χ3v) is 2.90. The van der Waals surface area contributed by atoms with Crippen LogP contribution in [-0.4, -0.2) is 15.7 Å². The molecule has 0 aliphatic heterocycles. The van der Waals surface area contributed by atoms with Crippen LogP contribution in [0.4, 0.5) is 14.6 Å². The Labute approximate surface area is 91.7 Å². The van der Waals surface area contributed by atoms with Gasteiger partial charge in [0.15, 0.2) is 0 Å². The standard InChI is InChI=1S/C10H12F2N4/c11-10(12)3-1-7(2-4-10)16-8(6-13)5-9(14)15-16/h5,7H,1-4H2,(H2,14,15). The summed E-state index contributed by atoms with van der Waals surface area (Å²) >= 11 is 0. The molecule has 6 heteroatoms. The molecule has 0 saturated heterocycles. The highest BCUT2D eigenvalue weighted by Gasteiger charge is 2.36. The number of hydrogen-bond donors (Lipinski definition) is 1. The molecule has 1 fully saturated rings. The van der Waals surface area contributed by atoms with Crippen molar-refractivity contribution in [3.8, 4) is 6.07 Å². The first kappa shape index (κ1) is 10.9. The zero-order valence-corrected chi connectivity index (χ0v) is 8.66. The van der Waals surface area contributed by atoms with Gasteiger partial charge in [0.1, 0.15) is 17.6 Å². The van der Waals surface area contributed by atoms with Crippen LogP contribution >= 0.6 is 0 Å². The van der Waals surface area contributed by atoms with Gasteiger partial charge in [-0.15, -0.1) is 0 Å². The summed E-state index contributed by atoms with van der Waals surface area (Å²) in [6.45, 7) is 0. The predicted octanol–water partition coefficient (Wildman–Crippen LogP) is 2.09. The SMILES string of the molecule is N#Cc1cc(N)nn1C1CCC(F)(F)CC1. The average Bonchev–Trinajstić information content (AvgIpc) is 2.59. The maximum atomic E-state index is 13.0. The molecule has 1 aliphatic rings. The Hall–Kier alpha value is -1.64. The summed E-state index contributed by atoms with van der Waals surface area (Å²) in [5, 5.41) is 12.8. The molecule has 4 nitrogen and oxygen atoms in total. The lowest BCUT2D eigenvalue weighted by Crippen LogP contribution is -2.27. The zero-order chi connectivity index (χ0) is 11.8. The molecule has 1 heterocycles. The van der Waals surface area contributed by atoms with Crippen molar-refractivity contribution >= 4 is 5.82 Å². The smallest absolute Gasteiger partial charge is 0.248 e. The lowest BCUT2D eigenvalue weighted by molar-refractivity contribution is -0.0450. The van der Waals surface area contributed by atoms with Crippen LogP contribution in [0.15, 0.2) is 6.07 Å². The summed E-state index contributed by atoms with van der Waals surface area (Å²) in [7, 11) is 0. The fraction of sp³-hybridized carbons (Fsp3) is 0.600. The molecule has 0 amide bonds. The number of anilines is 1. The molecule has 1 aromatic heterocycles. The lowest BCUT2D eigenvalue weighted by Gasteiger charge is -2.28. The van der Waals surface area contributed by atoms with E-state index in [0.29, 0.717) is 18.5 Å². The molecule has 0 bridgehead atoms. The van der Waals surface area contributed by atoms with E-state index in [4.69, 9.17) is 11.0 Å². The van der Waals surface area contributed by atoms with E-state index in [-0.39, 0.29) is 24.7 Å². The van der Waals surface area contributed by atoms with Crippen LogP contribution in [0.5, 0.6) is 0 Å². The molecule has 0 radical (unpaired) electrons. The van der Waals surface area contributed by atoms with Crippen molar-refractivity contribution in [2.24, 2.45) is 0 Å². The van der Waals surface area contributed by atoms with E-state index < -0.39 is 5.92 Å². The maximum Gasteiger partial charge on any atom is 0.248 e. The third-order valence-electron chi connectivity index (χ3n) is 2.90. The monoisotopic (exact) mass is 226 g/mol. The Morgan fingerprint density at radius 2 is 2.12 bits per heavy atom. The van der Waals surface area contributed by atoms with E-state index in [1.54, 1.807) is 0 Å². The van der Waals surface area contributed by atoms with E-state index >= 15 is 0 Å². The number of nitrogens with two attached hydrogens (primary N) is 1. The van der Waals surface area contributed by atoms with Crippen molar-refractivity contribution in [3.63, 3.8) is 0 Å². The summed E-state index contributed by atoms with van der Waals surface area (Å²) < 4.78 is 27.4. The Bertz CT molecular complexity index is 423. The maximum absolute atomic E-state index is 13.0. The molecule has 0 atom stereocenters. The molecule has 0 unspecified atom stereocenters.